The van der Waals surface area contributed by atoms with Crippen LogP contribution in [0.25, 0.3) is 0 Å². The van der Waals surface area contributed by atoms with E-state index in [1.54, 1.807) is 0 Å². The van der Waals surface area contributed by atoms with Crippen molar-refractivity contribution in [2.45, 2.75) is 52.0 Å². The Bertz CT molecular complexity index is 498. The number of rotatable bonds is 2. The molecule has 116 valence electrons. The van der Waals surface area contributed by atoms with E-state index in [0.29, 0.717) is 11.8 Å². The van der Waals surface area contributed by atoms with Gasteiger partial charge in [-0.15, -0.1) is 0 Å². The first kappa shape index (κ1) is 14.9. The quantitative estimate of drug-likeness (QED) is 0.895. The van der Waals surface area contributed by atoms with Gasteiger partial charge in [0.25, 0.3) is 0 Å². The Morgan fingerprint density at radius 1 is 1.24 bits per heavy atom. The second-order valence-electron chi connectivity index (χ2n) is 7.51. The molecule has 0 bridgehead atoms. The molecule has 21 heavy (non-hydrogen) atoms. The number of anilines is 1. The monoisotopic (exact) mass is 286 g/mol. The van der Waals surface area contributed by atoms with Crippen LogP contribution in [0.4, 0.5) is 5.69 Å². The molecule has 0 amide bonds. The van der Waals surface area contributed by atoms with Gasteiger partial charge in [0.2, 0.25) is 0 Å². The van der Waals surface area contributed by atoms with Crippen molar-refractivity contribution in [3.05, 3.63) is 29.8 Å². The van der Waals surface area contributed by atoms with E-state index in [9.17, 15) is 0 Å². The first-order valence-electron chi connectivity index (χ1n) is 8.64. The van der Waals surface area contributed by atoms with Crippen LogP contribution in [0.15, 0.2) is 24.3 Å². The Hall–Kier alpha value is -1.02. The van der Waals surface area contributed by atoms with E-state index >= 15 is 0 Å². The molecule has 1 saturated carbocycles. The normalized spacial score (nSPS) is 36.4. The summed E-state index contributed by atoms with van der Waals surface area (Å²) in [7, 11) is 0. The minimum absolute atomic E-state index is 0.155. The van der Waals surface area contributed by atoms with Crippen LogP contribution in [0.2, 0.25) is 0 Å². The Labute approximate surface area is 129 Å². The number of fused-ring (bicyclic) bond motifs is 1. The fraction of sp³-hybridized carbons (Fsp3) is 0.684. The second-order valence-corrected chi connectivity index (χ2v) is 7.51. The van der Waals surface area contributed by atoms with E-state index in [0.717, 1.165) is 19.0 Å². The van der Waals surface area contributed by atoms with Crippen molar-refractivity contribution in [2.24, 2.45) is 23.5 Å². The summed E-state index contributed by atoms with van der Waals surface area (Å²) in [5.74, 6) is 2.15. The maximum Gasteiger partial charge on any atom is 0.0552 e. The lowest BCUT2D eigenvalue weighted by Gasteiger charge is -2.55. The minimum Gasteiger partial charge on any atom is -0.364 e. The van der Waals surface area contributed by atoms with E-state index in [1.807, 2.05) is 0 Å². The molecule has 2 heteroatoms. The van der Waals surface area contributed by atoms with Gasteiger partial charge >= 0.3 is 0 Å². The van der Waals surface area contributed by atoms with Gasteiger partial charge in [0.1, 0.15) is 0 Å². The molecule has 1 aliphatic carbocycles. The Morgan fingerprint density at radius 3 is 2.76 bits per heavy atom. The highest BCUT2D eigenvalue weighted by atomic mass is 15.2. The molecule has 1 aromatic rings. The Balaban J connectivity index is 2.04. The van der Waals surface area contributed by atoms with Gasteiger partial charge in [-0.25, -0.2) is 0 Å². The molecule has 1 heterocycles. The fourth-order valence-electron chi connectivity index (χ4n) is 4.73. The van der Waals surface area contributed by atoms with E-state index in [-0.39, 0.29) is 5.54 Å². The number of nitrogens with two attached hydrogens (primary N) is 1. The van der Waals surface area contributed by atoms with Gasteiger partial charge in [-0.1, -0.05) is 51.8 Å². The van der Waals surface area contributed by atoms with E-state index in [4.69, 9.17) is 5.73 Å². The lowest BCUT2D eigenvalue weighted by Crippen LogP contribution is -2.63. The third kappa shape index (κ3) is 2.38. The van der Waals surface area contributed by atoms with Gasteiger partial charge in [-0.05, 0) is 42.2 Å². The van der Waals surface area contributed by atoms with Crippen molar-refractivity contribution < 1.29 is 0 Å². The molecule has 0 spiro atoms. The van der Waals surface area contributed by atoms with Crippen LogP contribution in [0.5, 0.6) is 0 Å². The SMILES string of the molecule is CC1Cc2ccccc2N(C2(CN)CCCC(C)C2C)C1. The summed E-state index contributed by atoms with van der Waals surface area (Å²) in [6.07, 6.45) is 5.12. The lowest BCUT2D eigenvalue weighted by molar-refractivity contribution is 0.134. The molecule has 2 nitrogen and oxygen atoms in total. The molecule has 2 aliphatic rings. The zero-order valence-corrected chi connectivity index (χ0v) is 13.8. The predicted octanol–water partition coefficient (Wildman–Crippen LogP) is 3.84. The highest BCUT2D eigenvalue weighted by Crippen LogP contribution is 2.45. The summed E-state index contributed by atoms with van der Waals surface area (Å²) in [5.41, 5.74) is 9.49. The predicted molar refractivity (Wildman–Crippen MR) is 90.6 cm³/mol. The van der Waals surface area contributed by atoms with E-state index in [2.05, 4.69) is 49.9 Å². The lowest BCUT2D eigenvalue weighted by atomic mass is 9.66. The van der Waals surface area contributed by atoms with E-state index in [1.165, 1.54) is 36.9 Å². The fourth-order valence-corrected chi connectivity index (χ4v) is 4.73. The molecule has 4 unspecified atom stereocenters. The topological polar surface area (TPSA) is 29.3 Å². The molecule has 1 aliphatic heterocycles. The van der Waals surface area contributed by atoms with Gasteiger partial charge in [0.15, 0.2) is 0 Å². The molecular formula is C19H30N2. The van der Waals surface area contributed by atoms with Gasteiger partial charge in [-0.3, -0.25) is 0 Å². The molecule has 1 aromatic carbocycles. The van der Waals surface area contributed by atoms with Crippen LogP contribution >= 0.6 is 0 Å². The average molecular weight is 286 g/mol. The molecule has 2 N–H and O–H groups in total. The van der Waals surface area contributed by atoms with Crippen LogP contribution in [-0.2, 0) is 6.42 Å². The zero-order valence-electron chi connectivity index (χ0n) is 13.8. The Morgan fingerprint density at radius 2 is 2.00 bits per heavy atom. The maximum absolute atomic E-state index is 6.38. The molecule has 0 radical (unpaired) electrons. The minimum atomic E-state index is 0.155. The summed E-state index contributed by atoms with van der Waals surface area (Å²) in [6, 6.07) is 8.98. The summed E-state index contributed by atoms with van der Waals surface area (Å²) in [6.45, 7) is 9.15. The van der Waals surface area contributed by atoms with Crippen molar-refractivity contribution in [2.75, 3.05) is 18.0 Å². The largest absolute Gasteiger partial charge is 0.364 e. The van der Waals surface area contributed by atoms with Gasteiger partial charge in [0, 0.05) is 18.8 Å². The van der Waals surface area contributed by atoms with Gasteiger partial charge in [-0.2, -0.15) is 0 Å². The summed E-state index contributed by atoms with van der Waals surface area (Å²) in [5, 5.41) is 0. The first-order chi connectivity index (χ1) is 10.1. The van der Waals surface area contributed by atoms with Crippen molar-refractivity contribution in [3.8, 4) is 0 Å². The number of para-hydroxylation sites is 1. The zero-order chi connectivity index (χ0) is 15.0. The number of benzene rings is 1. The van der Waals surface area contributed by atoms with E-state index < -0.39 is 0 Å². The summed E-state index contributed by atoms with van der Waals surface area (Å²) < 4.78 is 0. The standard InChI is InChI=1S/C19H30N2/c1-14-11-17-8-4-5-9-18(17)21(12-14)19(13-20)10-6-7-15(2)16(19)3/h4-5,8-9,14-16H,6-7,10-13,20H2,1-3H3. The van der Waals surface area contributed by atoms with Crippen LogP contribution in [-0.4, -0.2) is 18.6 Å². The van der Waals surface area contributed by atoms with Crippen molar-refractivity contribution >= 4 is 5.69 Å². The summed E-state index contributed by atoms with van der Waals surface area (Å²) in [4.78, 5) is 2.69. The van der Waals surface area contributed by atoms with Gasteiger partial charge < -0.3 is 10.6 Å². The molecule has 0 aromatic heterocycles. The summed E-state index contributed by atoms with van der Waals surface area (Å²) >= 11 is 0. The van der Waals surface area contributed by atoms with Crippen molar-refractivity contribution in [1.29, 1.82) is 0 Å². The number of nitrogens with zero attached hydrogens (tertiary/aromatic N) is 1. The molecule has 4 atom stereocenters. The smallest absolute Gasteiger partial charge is 0.0552 e. The second kappa shape index (κ2) is 5.64. The van der Waals surface area contributed by atoms with Gasteiger partial charge in [0.05, 0.1) is 5.54 Å². The highest BCUT2D eigenvalue weighted by molar-refractivity contribution is 5.58. The molecular weight excluding hydrogens is 256 g/mol. The third-order valence-corrected chi connectivity index (χ3v) is 6.21. The van der Waals surface area contributed by atoms with Crippen molar-refractivity contribution in [3.63, 3.8) is 0 Å². The Kier molecular flexibility index (Phi) is 4.00. The maximum atomic E-state index is 6.38. The number of hydrogen-bond donors (Lipinski definition) is 1. The first-order valence-corrected chi connectivity index (χ1v) is 8.64. The highest BCUT2D eigenvalue weighted by Gasteiger charge is 2.46. The molecule has 3 rings (SSSR count). The van der Waals surface area contributed by atoms with Crippen LogP contribution in [0, 0.1) is 17.8 Å². The number of hydrogen-bond acceptors (Lipinski definition) is 2. The van der Waals surface area contributed by atoms with Crippen molar-refractivity contribution in [1.82, 2.24) is 0 Å². The average Bonchev–Trinajstić information content (AvgIpc) is 2.49. The van der Waals surface area contributed by atoms with Crippen LogP contribution in [0.1, 0.15) is 45.6 Å². The van der Waals surface area contributed by atoms with Crippen LogP contribution in [0.3, 0.4) is 0 Å². The van der Waals surface area contributed by atoms with Crippen LogP contribution < -0.4 is 10.6 Å². The third-order valence-electron chi connectivity index (χ3n) is 6.21. The molecule has 0 saturated heterocycles. The molecule has 1 fully saturated rings.